The van der Waals surface area contributed by atoms with Gasteiger partial charge in [0.25, 0.3) is 0 Å². The molecule has 0 atom stereocenters. The van der Waals surface area contributed by atoms with E-state index in [9.17, 15) is 0 Å². The number of fused-ring (bicyclic) bond motifs is 1. The summed E-state index contributed by atoms with van der Waals surface area (Å²) in [6, 6.07) is 8.84. The van der Waals surface area contributed by atoms with Gasteiger partial charge in [0.15, 0.2) is 0 Å². The molecule has 0 saturated heterocycles. The summed E-state index contributed by atoms with van der Waals surface area (Å²) in [5, 5.41) is 4.32. The SMILES string of the molecule is NC(=S)c1cc(Cl)ccc1Nc1c(Cl)ccc2nsnc12. The van der Waals surface area contributed by atoms with E-state index in [0.29, 0.717) is 32.5 Å². The molecule has 0 unspecified atom stereocenters. The van der Waals surface area contributed by atoms with Crippen LogP contribution in [0, 0.1) is 0 Å². The van der Waals surface area contributed by atoms with Gasteiger partial charge in [-0.3, -0.25) is 0 Å². The number of hydrogen-bond donors (Lipinski definition) is 2. The molecule has 3 rings (SSSR count). The Morgan fingerprint density at radius 2 is 2.00 bits per heavy atom. The molecule has 0 amide bonds. The quantitative estimate of drug-likeness (QED) is 0.683. The van der Waals surface area contributed by atoms with Crippen LogP contribution in [0.4, 0.5) is 11.4 Å². The zero-order chi connectivity index (χ0) is 15.0. The summed E-state index contributed by atoms with van der Waals surface area (Å²) in [5.74, 6) is 0. The van der Waals surface area contributed by atoms with Gasteiger partial charge in [0.2, 0.25) is 0 Å². The van der Waals surface area contributed by atoms with Crippen molar-refractivity contribution in [3.05, 3.63) is 45.9 Å². The third kappa shape index (κ3) is 2.80. The van der Waals surface area contributed by atoms with Gasteiger partial charge in [0.1, 0.15) is 16.0 Å². The van der Waals surface area contributed by atoms with E-state index in [2.05, 4.69) is 14.1 Å². The minimum absolute atomic E-state index is 0.250. The lowest BCUT2D eigenvalue weighted by Crippen LogP contribution is -2.12. The number of thiocarbonyl (C=S) groups is 1. The Kier molecular flexibility index (Phi) is 3.95. The standard InChI is InChI=1S/C13H8Cl2N4S2/c14-6-1-3-9(7(5-6)13(16)20)17-11-8(15)2-4-10-12(11)19-21-18-10/h1-5,17H,(H2,16,20). The van der Waals surface area contributed by atoms with Crippen LogP contribution in [0.5, 0.6) is 0 Å². The van der Waals surface area contributed by atoms with Gasteiger partial charge in [0, 0.05) is 16.3 Å². The molecular weight excluding hydrogens is 347 g/mol. The third-order valence-corrected chi connectivity index (χ3v) is 4.20. The summed E-state index contributed by atoms with van der Waals surface area (Å²) >= 11 is 18.4. The minimum atomic E-state index is 0.250. The summed E-state index contributed by atoms with van der Waals surface area (Å²) in [6.45, 7) is 0. The van der Waals surface area contributed by atoms with Crippen LogP contribution >= 0.6 is 47.1 Å². The highest BCUT2D eigenvalue weighted by Gasteiger charge is 2.13. The lowest BCUT2D eigenvalue weighted by molar-refractivity contribution is 1.52. The van der Waals surface area contributed by atoms with Gasteiger partial charge in [-0.05, 0) is 30.3 Å². The lowest BCUT2D eigenvalue weighted by Gasteiger charge is -2.13. The molecule has 3 N–H and O–H groups in total. The highest BCUT2D eigenvalue weighted by molar-refractivity contribution is 7.80. The van der Waals surface area contributed by atoms with E-state index in [1.165, 1.54) is 0 Å². The van der Waals surface area contributed by atoms with E-state index < -0.39 is 0 Å². The van der Waals surface area contributed by atoms with Gasteiger partial charge in [-0.25, -0.2) is 0 Å². The maximum atomic E-state index is 6.26. The van der Waals surface area contributed by atoms with Crippen LogP contribution in [-0.2, 0) is 0 Å². The van der Waals surface area contributed by atoms with Crippen molar-refractivity contribution in [2.75, 3.05) is 5.32 Å². The Labute approximate surface area is 140 Å². The fraction of sp³-hybridized carbons (Fsp3) is 0. The van der Waals surface area contributed by atoms with Crippen LogP contribution in [0.1, 0.15) is 5.56 Å². The predicted octanol–water partition coefficient (Wildman–Crippen LogP) is 4.38. The highest BCUT2D eigenvalue weighted by atomic mass is 35.5. The molecule has 0 aliphatic heterocycles. The van der Waals surface area contributed by atoms with Crippen LogP contribution in [0.15, 0.2) is 30.3 Å². The smallest absolute Gasteiger partial charge is 0.129 e. The van der Waals surface area contributed by atoms with Gasteiger partial charge in [0.05, 0.1) is 22.4 Å². The highest BCUT2D eigenvalue weighted by Crippen LogP contribution is 2.34. The fourth-order valence-electron chi connectivity index (χ4n) is 1.91. The Morgan fingerprint density at radius 3 is 2.76 bits per heavy atom. The normalized spacial score (nSPS) is 10.8. The number of nitrogens with zero attached hydrogens (tertiary/aromatic N) is 2. The van der Waals surface area contributed by atoms with Crippen molar-refractivity contribution in [2.45, 2.75) is 0 Å². The van der Waals surface area contributed by atoms with Crippen molar-refractivity contribution in [2.24, 2.45) is 5.73 Å². The van der Waals surface area contributed by atoms with Gasteiger partial charge in [-0.2, -0.15) is 8.75 Å². The number of nitrogens with two attached hydrogens (primary N) is 1. The first-order valence-electron chi connectivity index (χ1n) is 5.83. The number of benzene rings is 2. The van der Waals surface area contributed by atoms with Crippen molar-refractivity contribution in [1.82, 2.24) is 8.75 Å². The van der Waals surface area contributed by atoms with E-state index in [0.717, 1.165) is 17.2 Å². The Bertz CT molecular complexity index is 847. The molecule has 0 radical (unpaired) electrons. The summed E-state index contributed by atoms with van der Waals surface area (Å²) in [5.41, 5.74) is 9.26. The average molecular weight is 355 g/mol. The van der Waals surface area contributed by atoms with E-state index in [4.69, 9.17) is 41.2 Å². The van der Waals surface area contributed by atoms with Gasteiger partial charge in [-0.1, -0.05) is 35.4 Å². The predicted molar refractivity (Wildman–Crippen MR) is 93.0 cm³/mol. The van der Waals surface area contributed by atoms with Crippen molar-refractivity contribution >= 4 is 74.5 Å². The van der Waals surface area contributed by atoms with Crippen LogP contribution in [-0.4, -0.2) is 13.7 Å². The number of anilines is 2. The van der Waals surface area contributed by atoms with E-state index in [-0.39, 0.29) is 4.99 Å². The van der Waals surface area contributed by atoms with Gasteiger partial charge >= 0.3 is 0 Å². The van der Waals surface area contributed by atoms with Crippen molar-refractivity contribution < 1.29 is 0 Å². The van der Waals surface area contributed by atoms with Crippen molar-refractivity contribution in [3.8, 4) is 0 Å². The number of nitrogens with one attached hydrogen (secondary N) is 1. The molecule has 3 aromatic rings. The Balaban J connectivity index is 2.13. The maximum absolute atomic E-state index is 6.26. The number of halogens is 2. The Morgan fingerprint density at radius 1 is 1.19 bits per heavy atom. The second kappa shape index (κ2) is 5.73. The molecule has 1 heterocycles. The summed E-state index contributed by atoms with van der Waals surface area (Å²) < 4.78 is 8.46. The molecule has 0 fully saturated rings. The molecule has 0 aliphatic carbocycles. The maximum Gasteiger partial charge on any atom is 0.129 e. The molecule has 8 heteroatoms. The fourth-order valence-corrected chi connectivity index (χ4v) is 2.99. The molecule has 0 spiro atoms. The molecule has 21 heavy (non-hydrogen) atoms. The first-order valence-corrected chi connectivity index (χ1v) is 7.73. The molecule has 2 aromatic carbocycles. The first kappa shape index (κ1) is 14.5. The zero-order valence-electron chi connectivity index (χ0n) is 10.4. The monoisotopic (exact) mass is 354 g/mol. The van der Waals surface area contributed by atoms with Crippen LogP contribution in [0.25, 0.3) is 11.0 Å². The van der Waals surface area contributed by atoms with Crippen molar-refractivity contribution in [3.63, 3.8) is 0 Å². The largest absolute Gasteiger partial charge is 0.389 e. The van der Waals surface area contributed by atoms with E-state index in [1.807, 2.05) is 6.07 Å². The molecule has 1 aromatic heterocycles. The summed E-state index contributed by atoms with van der Waals surface area (Å²) in [6.07, 6.45) is 0. The van der Waals surface area contributed by atoms with Crippen molar-refractivity contribution in [1.29, 1.82) is 0 Å². The van der Waals surface area contributed by atoms with E-state index >= 15 is 0 Å². The molecular formula is C13H8Cl2N4S2. The van der Waals surface area contributed by atoms with Crippen LogP contribution in [0.2, 0.25) is 10.0 Å². The number of hydrogen-bond acceptors (Lipinski definition) is 5. The average Bonchev–Trinajstić information content (AvgIpc) is 2.92. The Hall–Kier alpha value is -1.47. The molecule has 0 aliphatic rings. The second-order valence-corrected chi connectivity index (χ2v) is 6.05. The number of aromatic nitrogens is 2. The zero-order valence-corrected chi connectivity index (χ0v) is 13.6. The number of rotatable bonds is 3. The topological polar surface area (TPSA) is 63.8 Å². The first-order chi connectivity index (χ1) is 10.1. The second-order valence-electron chi connectivity index (χ2n) is 4.23. The van der Waals surface area contributed by atoms with Gasteiger partial charge < -0.3 is 11.1 Å². The summed E-state index contributed by atoms with van der Waals surface area (Å²) in [7, 11) is 0. The molecule has 4 nitrogen and oxygen atoms in total. The summed E-state index contributed by atoms with van der Waals surface area (Å²) in [4.78, 5) is 0.250. The lowest BCUT2D eigenvalue weighted by atomic mass is 10.1. The van der Waals surface area contributed by atoms with E-state index in [1.54, 1.807) is 24.3 Å². The third-order valence-electron chi connectivity index (χ3n) is 2.88. The molecule has 0 saturated carbocycles. The van der Waals surface area contributed by atoms with Gasteiger partial charge in [-0.15, -0.1) is 0 Å². The minimum Gasteiger partial charge on any atom is -0.389 e. The molecule has 0 bridgehead atoms. The van der Waals surface area contributed by atoms with Crippen LogP contribution in [0.3, 0.4) is 0 Å². The molecule has 106 valence electrons. The van der Waals surface area contributed by atoms with Crippen LogP contribution < -0.4 is 11.1 Å².